The minimum absolute atomic E-state index is 0.121. The molecule has 6 nitrogen and oxygen atoms in total. The van der Waals surface area contributed by atoms with Crippen LogP contribution in [0.5, 0.6) is 0 Å². The second-order valence-electron chi connectivity index (χ2n) is 6.17. The number of hydrogen-bond acceptors (Lipinski definition) is 5. The normalized spacial score (nSPS) is 14.9. The number of aromatic nitrogens is 3. The molecule has 0 unspecified atom stereocenters. The van der Waals surface area contributed by atoms with Crippen LogP contribution in [0.3, 0.4) is 0 Å². The predicted octanol–water partition coefficient (Wildman–Crippen LogP) is 3.50. The Hall–Kier alpha value is -3.02. The zero-order chi connectivity index (χ0) is 17.2. The molecule has 0 bridgehead atoms. The molecule has 1 aliphatic carbocycles. The number of carbonyl (C=O) groups excluding carboxylic acids is 1. The Labute approximate surface area is 145 Å². The van der Waals surface area contributed by atoms with Crippen molar-refractivity contribution in [1.29, 1.82) is 0 Å². The molecule has 0 aliphatic heterocycles. The van der Waals surface area contributed by atoms with Crippen LogP contribution in [-0.2, 0) is 0 Å². The molecule has 126 valence electrons. The summed E-state index contributed by atoms with van der Waals surface area (Å²) in [6, 6.07) is 13.0. The van der Waals surface area contributed by atoms with Crippen LogP contribution in [0.2, 0.25) is 0 Å². The third-order valence-electron chi connectivity index (χ3n) is 4.36. The van der Waals surface area contributed by atoms with Crippen molar-refractivity contribution < 1.29 is 9.32 Å². The number of nitrogens with zero attached hydrogens (tertiary/aromatic N) is 4. The first-order chi connectivity index (χ1) is 12.2. The van der Waals surface area contributed by atoms with E-state index in [4.69, 9.17) is 4.52 Å². The second kappa shape index (κ2) is 6.47. The zero-order valence-corrected chi connectivity index (χ0v) is 13.9. The lowest BCUT2D eigenvalue weighted by Gasteiger charge is -2.27. The van der Waals surface area contributed by atoms with Crippen molar-refractivity contribution in [3.05, 3.63) is 66.3 Å². The molecular weight excluding hydrogens is 316 g/mol. The minimum Gasteiger partial charge on any atom is -0.350 e. The van der Waals surface area contributed by atoms with E-state index in [1.165, 1.54) is 0 Å². The lowest BCUT2D eigenvalue weighted by molar-refractivity contribution is 0.0627. The van der Waals surface area contributed by atoms with Crippen molar-refractivity contribution >= 4 is 5.91 Å². The maximum atomic E-state index is 13.0. The molecule has 0 aromatic carbocycles. The summed E-state index contributed by atoms with van der Waals surface area (Å²) in [5, 5.41) is 4.00. The molecule has 1 amide bonds. The first kappa shape index (κ1) is 15.5. The summed E-state index contributed by atoms with van der Waals surface area (Å²) in [6.45, 7) is 1.99. The Morgan fingerprint density at radius 3 is 2.52 bits per heavy atom. The third-order valence-corrected chi connectivity index (χ3v) is 4.36. The number of pyridine rings is 2. The zero-order valence-electron chi connectivity index (χ0n) is 13.9. The Bertz CT molecular complexity index is 859. The predicted molar refractivity (Wildman–Crippen MR) is 91.6 cm³/mol. The highest BCUT2D eigenvalue weighted by Gasteiger charge is 2.38. The third kappa shape index (κ3) is 3.15. The van der Waals surface area contributed by atoms with Gasteiger partial charge in [-0.2, -0.15) is 0 Å². The van der Waals surface area contributed by atoms with Crippen molar-refractivity contribution in [3.63, 3.8) is 0 Å². The monoisotopic (exact) mass is 334 g/mol. The summed E-state index contributed by atoms with van der Waals surface area (Å²) in [5.74, 6) is 0.0747. The van der Waals surface area contributed by atoms with E-state index in [1.807, 2.05) is 48.2 Å². The maximum Gasteiger partial charge on any atom is 0.293 e. The van der Waals surface area contributed by atoms with Crippen molar-refractivity contribution in [3.8, 4) is 11.4 Å². The fraction of sp³-hybridized carbons (Fsp3) is 0.263. The van der Waals surface area contributed by atoms with E-state index in [0.29, 0.717) is 11.4 Å². The maximum absolute atomic E-state index is 13.0. The van der Waals surface area contributed by atoms with Crippen molar-refractivity contribution in [2.75, 3.05) is 0 Å². The summed E-state index contributed by atoms with van der Waals surface area (Å²) in [5.41, 5.74) is 2.11. The van der Waals surface area contributed by atoms with Gasteiger partial charge in [-0.25, -0.2) is 0 Å². The molecule has 1 atom stereocenters. The van der Waals surface area contributed by atoms with E-state index in [2.05, 4.69) is 15.1 Å². The van der Waals surface area contributed by atoms with Gasteiger partial charge in [0.1, 0.15) is 5.69 Å². The van der Waals surface area contributed by atoms with Crippen LogP contribution in [0.15, 0.2) is 59.4 Å². The van der Waals surface area contributed by atoms with E-state index in [9.17, 15) is 4.79 Å². The van der Waals surface area contributed by atoms with Gasteiger partial charge in [-0.3, -0.25) is 14.8 Å². The first-order valence-corrected chi connectivity index (χ1v) is 8.36. The van der Waals surface area contributed by atoms with Crippen LogP contribution in [0.25, 0.3) is 11.4 Å². The van der Waals surface area contributed by atoms with E-state index < -0.39 is 0 Å². The van der Waals surface area contributed by atoms with Gasteiger partial charge >= 0.3 is 0 Å². The minimum atomic E-state index is -0.157. The van der Waals surface area contributed by atoms with Crippen LogP contribution in [0.1, 0.15) is 42.1 Å². The van der Waals surface area contributed by atoms with E-state index in [1.54, 1.807) is 18.5 Å². The topological polar surface area (TPSA) is 72.1 Å². The molecule has 1 fully saturated rings. The number of rotatable bonds is 5. The molecule has 25 heavy (non-hydrogen) atoms. The highest BCUT2D eigenvalue weighted by molar-refractivity contribution is 5.93. The Balaban J connectivity index is 1.61. The van der Waals surface area contributed by atoms with Gasteiger partial charge in [-0.15, -0.1) is 0 Å². The molecule has 3 aromatic heterocycles. The van der Waals surface area contributed by atoms with Crippen LogP contribution in [0.4, 0.5) is 0 Å². The van der Waals surface area contributed by atoms with Crippen molar-refractivity contribution in [2.45, 2.75) is 31.8 Å². The molecule has 0 saturated heterocycles. The van der Waals surface area contributed by atoms with Gasteiger partial charge < -0.3 is 9.42 Å². The average molecular weight is 334 g/mol. The van der Waals surface area contributed by atoms with Crippen LogP contribution in [-0.4, -0.2) is 32.0 Å². The Kier molecular flexibility index (Phi) is 4.01. The fourth-order valence-electron chi connectivity index (χ4n) is 2.91. The fourth-order valence-corrected chi connectivity index (χ4v) is 2.91. The number of hydrogen-bond donors (Lipinski definition) is 0. The van der Waals surface area contributed by atoms with Crippen LogP contribution < -0.4 is 0 Å². The summed E-state index contributed by atoms with van der Waals surface area (Å²) >= 11 is 0. The van der Waals surface area contributed by atoms with Gasteiger partial charge in [0.2, 0.25) is 5.76 Å². The Morgan fingerprint density at radius 2 is 1.88 bits per heavy atom. The molecule has 3 heterocycles. The van der Waals surface area contributed by atoms with Gasteiger partial charge in [0.05, 0.1) is 17.4 Å². The standard InChI is InChI=1S/C19H18N4O2/c1-13(15-6-2-4-10-20-15)23(14-8-9-14)19(24)18-12-17(22-25-18)16-7-3-5-11-21-16/h2-7,10-14H,8-9H2,1H3/t13-/m0/s1. The van der Waals surface area contributed by atoms with Gasteiger partial charge in [0.25, 0.3) is 5.91 Å². The van der Waals surface area contributed by atoms with E-state index in [0.717, 1.165) is 18.5 Å². The lowest BCUT2D eigenvalue weighted by Crippen LogP contribution is -2.35. The van der Waals surface area contributed by atoms with Gasteiger partial charge in [-0.1, -0.05) is 17.3 Å². The molecule has 1 aliphatic rings. The first-order valence-electron chi connectivity index (χ1n) is 8.36. The van der Waals surface area contributed by atoms with Gasteiger partial charge in [-0.05, 0) is 44.0 Å². The second-order valence-corrected chi connectivity index (χ2v) is 6.17. The lowest BCUT2D eigenvalue weighted by atomic mass is 10.1. The Morgan fingerprint density at radius 1 is 1.12 bits per heavy atom. The SMILES string of the molecule is C[C@@H](c1ccccn1)N(C(=O)c1cc(-c2ccccn2)no1)C1CC1. The molecule has 3 aromatic rings. The largest absolute Gasteiger partial charge is 0.350 e. The molecule has 1 saturated carbocycles. The van der Waals surface area contributed by atoms with E-state index in [-0.39, 0.29) is 23.8 Å². The highest BCUT2D eigenvalue weighted by Crippen LogP contribution is 2.35. The highest BCUT2D eigenvalue weighted by atomic mass is 16.5. The van der Waals surface area contributed by atoms with Crippen LogP contribution in [0, 0.1) is 0 Å². The smallest absolute Gasteiger partial charge is 0.293 e. The molecule has 0 spiro atoms. The quantitative estimate of drug-likeness (QED) is 0.714. The summed E-state index contributed by atoms with van der Waals surface area (Å²) in [6.07, 6.45) is 5.44. The molecule has 0 radical (unpaired) electrons. The summed E-state index contributed by atoms with van der Waals surface area (Å²) in [7, 11) is 0. The molecular formula is C19H18N4O2. The molecule has 4 rings (SSSR count). The van der Waals surface area contributed by atoms with Gasteiger partial charge in [0, 0.05) is 24.5 Å². The number of carbonyl (C=O) groups is 1. The summed E-state index contributed by atoms with van der Waals surface area (Å²) in [4.78, 5) is 23.5. The van der Waals surface area contributed by atoms with Gasteiger partial charge in [0.15, 0.2) is 0 Å². The van der Waals surface area contributed by atoms with Crippen LogP contribution >= 0.6 is 0 Å². The van der Waals surface area contributed by atoms with Crippen molar-refractivity contribution in [2.24, 2.45) is 0 Å². The summed E-state index contributed by atoms with van der Waals surface area (Å²) < 4.78 is 5.32. The van der Waals surface area contributed by atoms with E-state index >= 15 is 0 Å². The molecule has 6 heteroatoms. The number of amides is 1. The van der Waals surface area contributed by atoms with Crippen molar-refractivity contribution in [1.82, 2.24) is 20.0 Å². The molecule has 0 N–H and O–H groups in total. The average Bonchev–Trinajstić information content (AvgIpc) is 3.37.